The van der Waals surface area contributed by atoms with Crippen molar-refractivity contribution in [2.45, 2.75) is 36.5 Å². The third-order valence-corrected chi connectivity index (χ3v) is 6.78. The van der Waals surface area contributed by atoms with Crippen LogP contribution >= 0.6 is 11.9 Å². The van der Waals surface area contributed by atoms with Gasteiger partial charge in [0.15, 0.2) is 0 Å². The summed E-state index contributed by atoms with van der Waals surface area (Å²) < 4.78 is 18.7. The summed E-state index contributed by atoms with van der Waals surface area (Å²) in [6.07, 6.45) is 5.25. The fraction of sp³-hybridized carbons (Fsp3) is 0.429. The normalized spacial score (nSPS) is 23.2. The minimum absolute atomic E-state index is 0.276. The number of halogens is 1. The molecule has 3 N–H and O–H groups in total. The van der Waals surface area contributed by atoms with Crippen molar-refractivity contribution in [3.8, 4) is 5.75 Å². The third kappa shape index (κ3) is 3.08. The van der Waals surface area contributed by atoms with E-state index >= 15 is 0 Å². The average Bonchev–Trinajstić information content (AvgIpc) is 3.00. The Balaban J connectivity index is 1.51. The molecule has 2 aromatic carbocycles. The Bertz CT molecular complexity index is 774. The summed E-state index contributed by atoms with van der Waals surface area (Å²) in [7, 11) is 1.58. The summed E-state index contributed by atoms with van der Waals surface area (Å²) in [5, 5.41) is 9.16. The van der Waals surface area contributed by atoms with Gasteiger partial charge in [-0.15, -0.1) is 0 Å². The Morgan fingerprint density at radius 2 is 1.92 bits per heavy atom. The van der Waals surface area contributed by atoms with Crippen LogP contribution in [-0.2, 0) is 0 Å². The molecule has 1 spiro atoms. The second kappa shape index (κ2) is 7.12. The lowest BCUT2D eigenvalue weighted by molar-refractivity contribution is 0.412. The maximum Gasteiger partial charge on any atom is 0.144 e. The zero-order chi connectivity index (χ0) is 18.1. The van der Waals surface area contributed by atoms with E-state index in [9.17, 15) is 4.39 Å². The Morgan fingerprint density at radius 1 is 1.19 bits per heavy atom. The number of nitrogens with one attached hydrogen (secondary N) is 1. The Hall–Kier alpha value is -1.72. The lowest BCUT2D eigenvalue weighted by Crippen LogP contribution is -2.09. The highest BCUT2D eigenvalue weighted by Gasteiger charge is 2.64. The number of rotatable bonds is 6. The van der Waals surface area contributed by atoms with Gasteiger partial charge in [0, 0.05) is 17.5 Å². The van der Waals surface area contributed by atoms with Crippen molar-refractivity contribution >= 4 is 17.6 Å². The highest BCUT2D eigenvalue weighted by Crippen LogP contribution is 2.72. The molecule has 2 fully saturated rings. The van der Waals surface area contributed by atoms with E-state index in [1.54, 1.807) is 13.2 Å². The van der Waals surface area contributed by atoms with E-state index in [1.165, 1.54) is 55.3 Å². The summed E-state index contributed by atoms with van der Waals surface area (Å²) >= 11 is 1.29. The van der Waals surface area contributed by atoms with Crippen LogP contribution in [0.3, 0.4) is 0 Å². The molecule has 138 valence electrons. The SMILES string of the molecule is COc1cc(F)ccc1NCC1C(c2ccc(SN)cc2)C12CCCC2. The summed E-state index contributed by atoms with van der Waals surface area (Å²) in [4.78, 5) is 1.10. The molecule has 4 rings (SSSR count). The molecule has 2 unspecified atom stereocenters. The molecule has 3 nitrogen and oxygen atoms in total. The van der Waals surface area contributed by atoms with Crippen LogP contribution in [-0.4, -0.2) is 13.7 Å². The first kappa shape index (κ1) is 17.7. The number of nitrogens with two attached hydrogens (primary N) is 1. The van der Waals surface area contributed by atoms with Crippen LogP contribution in [0, 0.1) is 17.2 Å². The van der Waals surface area contributed by atoms with Crippen LogP contribution in [0.1, 0.15) is 37.2 Å². The lowest BCUT2D eigenvalue weighted by atomic mass is 9.97. The fourth-order valence-electron chi connectivity index (χ4n) is 4.96. The van der Waals surface area contributed by atoms with Gasteiger partial charge in [0.1, 0.15) is 11.6 Å². The molecule has 2 aliphatic carbocycles. The molecular weight excluding hydrogens is 347 g/mol. The second-order valence-corrected chi connectivity index (χ2v) is 8.14. The minimum Gasteiger partial charge on any atom is -0.494 e. The van der Waals surface area contributed by atoms with Gasteiger partial charge in [0.25, 0.3) is 0 Å². The van der Waals surface area contributed by atoms with Crippen molar-refractivity contribution in [2.24, 2.45) is 16.5 Å². The molecule has 0 aromatic heterocycles. The molecule has 26 heavy (non-hydrogen) atoms. The maximum atomic E-state index is 13.4. The van der Waals surface area contributed by atoms with Crippen LogP contribution in [0.2, 0.25) is 0 Å². The topological polar surface area (TPSA) is 47.3 Å². The zero-order valence-corrected chi connectivity index (χ0v) is 15.8. The Kier molecular flexibility index (Phi) is 4.84. The highest BCUT2D eigenvalue weighted by atomic mass is 32.2. The number of hydrogen-bond donors (Lipinski definition) is 2. The van der Waals surface area contributed by atoms with Crippen molar-refractivity contribution in [3.63, 3.8) is 0 Å². The molecule has 0 heterocycles. The summed E-state index contributed by atoms with van der Waals surface area (Å²) in [6.45, 7) is 0.889. The van der Waals surface area contributed by atoms with E-state index in [2.05, 4.69) is 29.6 Å². The minimum atomic E-state index is -0.276. The lowest BCUT2D eigenvalue weighted by Gasteiger charge is -2.13. The van der Waals surface area contributed by atoms with Crippen molar-refractivity contribution in [3.05, 3.63) is 53.8 Å². The monoisotopic (exact) mass is 372 g/mol. The number of benzene rings is 2. The van der Waals surface area contributed by atoms with Crippen LogP contribution in [0.25, 0.3) is 0 Å². The van der Waals surface area contributed by atoms with Crippen molar-refractivity contribution < 1.29 is 9.13 Å². The van der Waals surface area contributed by atoms with Gasteiger partial charge < -0.3 is 10.1 Å². The second-order valence-electron chi connectivity index (χ2n) is 7.44. The zero-order valence-electron chi connectivity index (χ0n) is 15.0. The van der Waals surface area contributed by atoms with E-state index in [0.29, 0.717) is 23.0 Å². The molecule has 0 amide bonds. The predicted molar refractivity (Wildman–Crippen MR) is 105 cm³/mol. The number of anilines is 1. The van der Waals surface area contributed by atoms with Gasteiger partial charge in [0.05, 0.1) is 12.8 Å². The molecule has 0 bridgehead atoms. The number of hydrogen-bond acceptors (Lipinski definition) is 4. The third-order valence-electron chi connectivity index (χ3n) is 6.24. The molecule has 0 aliphatic heterocycles. The first-order valence-corrected chi connectivity index (χ1v) is 10.1. The Labute approximate surface area is 158 Å². The van der Waals surface area contributed by atoms with Crippen molar-refractivity contribution in [1.29, 1.82) is 0 Å². The average molecular weight is 373 g/mol. The van der Waals surface area contributed by atoms with Gasteiger partial charge in [-0.25, -0.2) is 4.39 Å². The van der Waals surface area contributed by atoms with E-state index in [4.69, 9.17) is 9.88 Å². The molecular formula is C21H25FN2OS. The van der Waals surface area contributed by atoms with Gasteiger partial charge in [0.2, 0.25) is 0 Å². The molecule has 0 radical (unpaired) electrons. The smallest absolute Gasteiger partial charge is 0.144 e. The van der Waals surface area contributed by atoms with E-state index in [1.807, 2.05) is 0 Å². The van der Waals surface area contributed by atoms with E-state index in [0.717, 1.165) is 17.1 Å². The highest BCUT2D eigenvalue weighted by molar-refractivity contribution is 7.97. The summed E-state index contributed by atoms with van der Waals surface area (Å²) in [6, 6.07) is 13.4. The van der Waals surface area contributed by atoms with E-state index in [-0.39, 0.29) is 5.82 Å². The molecule has 2 aliphatic rings. The van der Waals surface area contributed by atoms with Crippen molar-refractivity contribution in [1.82, 2.24) is 0 Å². The quantitative estimate of drug-likeness (QED) is 0.686. The van der Waals surface area contributed by atoms with Gasteiger partial charge in [-0.1, -0.05) is 25.0 Å². The van der Waals surface area contributed by atoms with Gasteiger partial charge in [-0.3, -0.25) is 5.14 Å². The summed E-state index contributed by atoms with van der Waals surface area (Å²) in [5.41, 5.74) is 2.71. The van der Waals surface area contributed by atoms with Crippen molar-refractivity contribution in [2.75, 3.05) is 19.0 Å². The molecule has 5 heteroatoms. The standard InChI is InChI=1S/C21H25FN2OS/c1-25-19-12-15(22)6-9-18(19)24-13-17-20(21(17)10-2-3-11-21)14-4-7-16(26-23)8-5-14/h4-9,12,17,20,24H,2-3,10-11,13,23H2,1H3. The largest absolute Gasteiger partial charge is 0.494 e. The summed E-state index contributed by atoms with van der Waals surface area (Å²) in [5.74, 6) is 1.49. The molecule has 2 aromatic rings. The van der Waals surface area contributed by atoms with E-state index < -0.39 is 0 Å². The van der Waals surface area contributed by atoms with Gasteiger partial charge in [-0.2, -0.15) is 0 Å². The number of ether oxygens (including phenoxy) is 1. The fourth-order valence-corrected chi connectivity index (χ4v) is 5.26. The molecule has 2 saturated carbocycles. The Morgan fingerprint density at radius 3 is 2.58 bits per heavy atom. The van der Waals surface area contributed by atoms with Gasteiger partial charge in [-0.05, 0) is 71.9 Å². The van der Waals surface area contributed by atoms with Crippen LogP contribution in [0.15, 0.2) is 47.4 Å². The predicted octanol–water partition coefficient (Wildman–Crippen LogP) is 5.19. The van der Waals surface area contributed by atoms with Crippen LogP contribution in [0.4, 0.5) is 10.1 Å². The maximum absolute atomic E-state index is 13.4. The number of methoxy groups -OCH3 is 1. The van der Waals surface area contributed by atoms with Crippen LogP contribution in [0.5, 0.6) is 5.75 Å². The first-order valence-electron chi connectivity index (χ1n) is 9.22. The first-order chi connectivity index (χ1) is 12.7. The molecule has 2 atom stereocenters. The molecule has 0 saturated heterocycles. The van der Waals surface area contributed by atoms with Gasteiger partial charge >= 0.3 is 0 Å². The van der Waals surface area contributed by atoms with Crippen LogP contribution < -0.4 is 15.2 Å².